The van der Waals surface area contributed by atoms with E-state index in [1.165, 1.54) is 0 Å². The third kappa shape index (κ3) is 6.28. The Kier molecular flexibility index (Phi) is 6.65. The summed E-state index contributed by atoms with van der Waals surface area (Å²) in [5.74, 6) is 0.589. The smallest absolute Gasteiger partial charge is 0.257 e. The van der Waals surface area contributed by atoms with Crippen LogP contribution in [0.1, 0.15) is 6.42 Å². The number of halogens is 1. The summed E-state index contributed by atoms with van der Waals surface area (Å²) in [5, 5.41) is 5.80. The van der Waals surface area contributed by atoms with Gasteiger partial charge in [-0.2, -0.15) is 0 Å². The lowest BCUT2D eigenvalue weighted by Crippen LogP contribution is -2.30. The molecule has 5 heteroatoms. The second kappa shape index (κ2) is 8.08. The van der Waals surface area contributed by atoms with Gasteiger partial charge >= 0.3 is 0 Å². The van der Waals surface area contributed by atoms with Crippen LogP contribution in [0.3, 0.4) is 0 Å². The predicted molar refractivity (Wildman–Crippen MR) is 71.2 cm³/mol. The third-order valence-corrected chi connectivity index (χ3v) is 2.58. The van der Waals surface area contributed by atoms with Gasteiger partial charge in [0.2, 0.25) is 0 Å². The van der Waals surface area contributed by atoms with Crippen molar-refractivity contribution in [2.45, 2.75) is 6.42 Å². The molecule has 1 aromatic rings. The summed E-state index contributed by atoms with van der Waals surface area (Å²) in [6.07, 6.45) is 0.916. The van der Waals surface area contributed by atoms with Crippen LogP contribution in [0.5, 0.6) is 5.75 Å². The molecule has 1 rings (SSSR count). The Bertz CT molecular complexity index is 358. The summed E-state index contributed by atoms with van der Waals surface area (Å²) in [5.41, 5.74) is 0. The van der Waals surface area contributed by atoms with Gasteiger partial charge in [-0.25, -0.2) is 0 Å². The van der Waals surface area contributed by atoms with Gasteiger partial charge in [-0.15, -0.1) is 0 Å². The van der Waals surface area contributed by atoms with E-state index in [4.69, 9.17) is 4.74 Å². The van der Waals surface area contributed by atoms with Crippen molar-refractivity contribution in [3.8, 4) is 5.75 Å². The molecule has 0 aliphatic carbocycles. The van der Waals surface area contributed by atoms with Gasteiger partial charge in [-0.3, -0.25) is 4.79 Å². The third-order valence-electron chi connectivity index (χ3n) is 2.09. The monoisotopic (exact) mass is 300 g/mol. The highest BCUT2D eigenvalue weighted by Gasteiger charge is 2.01. The topological polar surface area (TPSA) is 50.4 Å². The zero-order chi connectivity index (χ0) is 12.5. The van der Waals surface area contributed by atoms with E-state index in [1.807, 2.05) is 31.3 Å². The zero-order valence-electron chi connectivity index (χ0n) is 9.83. The molecule has 0 saturated carbocycles. The van der Waals surface area contributed by atoms with E-state index >= 15 is 0 Å². The number of carbonyl (C=O) groups excluding carboxylic acids is 1. The fourth-order valence-corrected chi connectivity index (χ4v) is 1.63. The molecular weight excluding hydrogens is 284 g/mol. The number of ether oxygens (including phenoxy) is 1. The van der Waals surface area contributed by atoms with Crippen molar-refractivity contribution in [1.29, 1.82) is 0 Å². The van der Waals surface area contributed by atoms with Crippen molar-refractivity contribution in [1.82, 2.24) is 10.6 Å². The minimum absolute atomic E-state index is 0.0516. The minimum atomic E-state index is -0.0962. The molecule has 0 unspecified atom stereocenters. The molecule has 0 spiro atoms. The molecule has 0 atom stereocenters. The second-order valence-corrected chi connectivity index (χ2v) is 4.47. The van der Waals surface area contributed by atoms with Crippen molar-refractivity contribution < 1.29 is 9.53 Å². The first-order valence-electron chi connectivity index (χ1n) is 5.52. The van der Waals surface area contributed by atoms with Gasteiger partial charge in [-0.1, -0.05) is 22.0 Å². The van der Waals surface area contributed by atoms with E-state index in [-0.39, 0.29) is 12.5 Å². The molecule has 0 aromatic heterocycles. The molecule has 0 fully saturated rings. The van der Waals surface area contributed by atoms with Crippen LogP contribution in [0, 0.1) is 0 Å². The molecular formula is C12H17BrN2O2. The highest BCUT2D eigenvalue weighted by atomic mass is 79.9. The second-order valence-electron chi connectivity index (χ2n) is 3.55. The number of hydrogen-bond donors (Lipinski definition) is 2. The largest absolute Gasteiger partial charge is 0.484 e. The molecule has 17 heavy (non-hydrogen) atoms. The fourth-order valence-electron chi connectivity index (χ4n) is 1.25. The average molecular weight is 301 g/mol. The fraction of sp³-hybridized carbons (Fsp3) is 0.417. The Morgan fingerprint density at radius 3 is 2.94 bits per heavy atom. The van der Waals surface area contributed by atoms with Crippen molar-refractivity contribution in [2.75, 3.05) is 26.7 Å². The van der Waals surface area contributed by atoms with Crippen LogP contribution in [0.2, 0.25) is 0 Å². The summed E-state index contributed by atoms with van der Waals surface area (Å²) in [6, 6.07) is 7.42. The quantitative estimate of drug-likeness (QED) is 0.751. The standard InChI is InChI=1S/C12H17BrN2O2/c1-14-6-3-7-15-12(16)9-17-11-5-2-4-10(13)8-11/h2,4-5,8,14H,3,6-7,9H2,1H3,(H,15,16). The van der Waals surface area contributed by atoms with Gasteiger partial charge in [0, 0.05) is 11.0 Å². The van der Waals surface area contributed by atoms with Crippen LogP contribution in [0.15, 0.2) is 28.7 Å². The molecule has 0 aliphatic rings. The molecule has 94 valence electrons. The lowest BCUT2D eigenvalue weighted by Gasteiger charge is -2.07. The number of rotatable bonds is 7. The Labute approximate surface area is 110 Å². The van der Waals surface area contributed by atoms with E-state index in [9.17, 15) is 4.79 Å². The maximum absolute atomic E-state index is 11.4. The number of nitrogens with one attached hydrogen (secondary N) is 2. The summed E-state index contributed by atoms with van der Waals surface area (Å²) < 4.78 is 6.28. The molecule has 0 saturated heterocycles. The van der Waals surface area contributed by atoms with Crippen LogP contribution in [-0.2, 0) is 4.79 Å². The summed E-state index contributed by atoms with van der Waals surface area (Å²) in [6.45, 7) is 1.62. The van der Waals surface area contributed by atoms with E-state index in [0.717, 1.165) is 17.4 Å². The molecule has 0 aliphatic heterocycles. The zero-order valence-corrected chi connectivity index (χ0v) is 11.4. The highest BCUT2D eigenvalue weighted by Crippen LogP contribution is 2.17. The summed E-state index contributed by atoms with van der Waals surface area (Å²) in [7, 11) is 1.89. The van der Waals surface area contributed by atoms with Gasteiger partial charge in [0.15, 0.2) is 6.61 Å². The first-order chi connectivity index (χ1) is 8.22. The van der Waals surface area contributed by atoms with Crippen LogP contribution in [-0.4, -0.2) is 32.7 Å². The van der Waals surface area contributed by atoms with Crippen molar-refractivity contribution >= 4 is 21.8 Å². The van der Waals surface area contributed by atoms with E-state index < -0.39 is 0 Å². The van der Waals surface area contributed by atoms with Crippen LogP contribution >= 0.6 is 15.9 Å². The number of carbonyl (C=O) groups is 1. The van der Waals surface area contributed by atoms with Crippen LogP contribution in [0.25, 0.3) is 0 Å². The minimum Gasteiger partial charge on any atom is -0.484 e. The molecule has 0 heterocycles. The maximum Gasteiger partial charge on any atom is 0.257 e. The Hall–Kier alpha value is -1.07. The predicted octanol–water partition coefficient (Wildman–Crippen LogP) is 1.55. The lowest BCUT2D eigenvalue weighted by molar-refractivity contribution is -0.123. The SMILES string of the molecule is CNCCCNC(=O)COc1cccc(Br)c1. The molecule has 1 aromatic carbocycles. The Morgan fingerprint density at radius 2 is 2.24 bits per heavy atom. The van der Waals surface area contributed by atoms with Crippen molar-refractivity contribution in [2.24, 2.45) is 0 Å². The van der Waals surface area contributed by atoms with Crippen LogP contribution < -0.4 is 15.4 Å². The number of hydrogen-bond acceptors (Lipinski definition) is 3. The van der Waals surface area contributed by atoms with E-state index in [1.54, 1.807) is 0 Å². The number of amides is 1. The van der Waals surface area contributed by atoms with Gasteiger partial charge in [0.1, 0.15) is 5.75 Å². The van der Waals surface area contributed by atoms with Gasteiger partial charge < -0.3 is 15.4 Å². The van der Waals surface area contributed by atoms with Gasteiger partial charge in [0.05, 0.1) is 0 Å². The van der Waals surface area contributed by atoms with E-state index in [2.05, 4.69) is 26.6 Å². The number of benzene rings is 1. The lowest BCUT2D eigenvalue weighted by atomic mass is 10.3. The molecule has 0 radical (unpaired) electrons. The highest BCUT2D eigenvalue weighted by molar-refractivity contribution is 9.10. The van der Waals surface area contributed by atoms with Gasteiger partial charge in [0.25, 0.3) is 5.91 Å². The normalized spacial score (nSPS) is 10.0. The van der Waals surface area contributed by atoms with E-state index in [0.29, 0.717) is 12.3 Å². The summed E-state index contributed by atoms with van der Waals surface area (Å²) >= 11 is 3.34. The first kappa shape index (κ1) is 14.0. The Balaban J connectivity index is 2.19. The molecule has 2 N–H and O–H groups in total. The summed E-state index contributed by atoms with van der Waals surface area (Å²) in [4.78, 5) is 11.4. The van der Waals surface area contributed by atoms with Crippen molar-refractivity contribution in [3.05, 3.63) is 28.7 Å². The average Bonchev–Trinajstić information content (AvgIpc) is 2.32. The van der Waals surface area contributed by atoms with Gasteiger partial charge in [-0.05, 0) is 38.2 Å². The first-order valence-corrected chi connectivity index (χ1v) is 6.31. The van der Waals surface area contributed by atoms with Crippen molar-refractivity contribution in [3.63, 3.8) is 0 Å². The molecule has 0 bridgehead atoms. The molecule has 4 nitrogen and oxygen atoms in total. The Morgan fingerprint density at radius 1 is 1.41 bits per heavy atom. The van der Waals surface area contributed by atoms with Crippen LogP contribution in [0.4, 0.5) is 0 Å². The molecule has 1 amide bonds. The maximum atomic E-state index is 11.4.